The van der Waals surface area contributed by atoms with Gasteiger partial charge in [-0.1, -0.05) is 25.0 Å². The molecular formula is C16H25NO3. The normalized spacial score (nSPS) is 15.4. The second-order valence-electron chi connectivity index (χ2n) is 5.03. The Kier molecular flexibility index (Phi) is 6.68. The highest BCUT2D eigenvalue weighted by Gasteiger charge is 2.14. The predicted molar refractivity (Wildman–Crippen MR) is 79.6 cm³/mol. The lowest BCUT2D eigenvalue weighted by atomic mass is 10.3. The molecule has 1 aromatic rings. The Labute approximate surface area is 121 Å². The maximum absolute atomic E-state index is 5.78. The fourth-order valence-electron chi connectivity index (χ4n) is 2.45. The van der Waals surface area contributed by atoms with Gasteiger partial charge in [0.1, 0.15) is 6.61 Å². The van der Waals surface area contributed by atoms with E-state index in [1.165, 1.54) is 25.7 Å². The van der Waals surface area contributed by atoms with Crippen LogP contribution in [0.2, 0.25) is 0 Å². The zero-order valence-electron chi connectivity index (χ0n) is 12.3. The Morgan fingerprint density at radius 2 is 1.75 bits per heavy atom. The van der Waals surface area contributed by atoms with Crippen LogP contribution in [0.15, 0.2) is 24.3 Å². The summed E-state index contributed by atoms with van der Waals surface area (Å²) in [5.74, 6) is 1.57. The summed E-state index contributed by atoms with van der Waals surface area (Å²) in [5.41, 5.74) is 0. The van der Waals surface area contributed by atoms with Crippen molar-refractivity contribution in [2.45, 2.75) is 31.8 Å². The van der Waals surface area contributed by atoms with Crippen LogP contribution in [0, 0.1) is 0 Å². The van der Waals surface area contributed by atoms with Gasteiger partial charge < -0.3 is 19.5 Å². The molecule has 0 atom stereocenters. The number of hydrogen-bond donors (Lipinski definition) is 1. The molecule has 0 aromatic heterocycles. The molecule has 1 aliphatic rings. The number of ether oxygens (including phenoxy) is 3. The van der Waals surface area contributed by atoms with Crippen LogP contribution < -0.4 is 14.8 Å². The molecule has 20 heavy (non-hydrogen) atoms. The summed E-state index contributed by atoms with van der Waals surface area (Å²) in [5, 5.41) is 3.33. The fourth-order valence-corrected chi connectivity index (χ4v) is 2.45. The first kappa shape index (κ1) is 15.1. The number of para-hydroxylation sites is 2. The highest BCUT2D eigenvalue weighted by molar-refractivity contribution is 5.39. The quantitative estimate of drug-likeness (QED) is 0.705. The maximum atomic E-state index is 5.78. The average molecular weight is 279 g/mol. The summed E-state index contributed by atoms with van der Waals surface area (Å²) in [4.78, 5) is 0. The largest absolute Gasteiger partial charge is 0.493 e. The van der Waals surface area contributed by atoms with Gasteiger partial charge in [0.15, 0.2) is 11.5 Å². The Balaban J connectivity index is 1.50. The summed E-state index contributed by atoms with van der Waals surface area (Å²) in [6.45, 7) is 3.11. The fraction of sp³-hybridized carbons (Fsp3) is 0.625. The van der Waals surface area contributed by atoms with Crippen LogP contribution in [0.5, 0.6) is 11.5 Å². The lowest BCUT2D eigenvalue weighted by Gasteiger charge is -2.12. The molecule has 0 heterocycles. The zero-order chi connectivity index (χ0) is 14.0. The van der Waals surface area contributed by atoms with Crippen LogP contribution in [0.25, 0.3) is 0 Å². The van der Waals surface area contributed by atoms with E-state index in [1.807, 2.05) is 24.3 Å². The number of methoxy groups -OCH3 is 1. The molecule has 0 amide bonds. The van der Waals surface area contributed by atoms with Gasteiger partial charge in [0, 0.05) is 13.1 Å². The van der Waals surface area contributed by atoms with E-state index in [4.69, 9.17) is 14.2 Å². The highest BCUT2D eigenvalue weighted by atomic mass is 16.5. The van der Waals surface area contributed by atoms with Crippen molar-refractivity contribution in [3.63, 3.8) is 0 Å². The third-order valence-corrected chi connectivity index (χ3v) is 3.54. The van der Waals surface area contributed by atoms with Crippen molar-refractivity contribution < 1.29 is 14.2 Å². The molecule has 1 saturated carbocycles. The zero-order valence-corrected chi connectivity index (χ0v) is 12.3. The van der Waals surface area contributed by atoms with Gasteiger partial charge in [-0.2, -0.15) is 0 Å². The van der Waals surface area contributed by atoms with Gasteiger partial charge in [0.05, 0.1) is 19.8 Å². The van der Waals surface area contributed by atoms with Crippen LogP contribution in [-0.4, -0.2) is 39.5 Å². The minimum absolute atomic E-state index is 0.502. The van der Waals surface area contributed by atoms with Crippen molar-refractivity contribution >= 4 is 0 Å². The van der Waals surface area contributed by atoms with Gasteiger partial charge in [-0.15, -0.1) is 0 Å². The molecule has 1 fully saturated rings. The number of benzene rings is 1. The molecule has 2 rings (SSSR count). The smallest absolute Gasteiger partial charge is 0.161 e. The molecule has 0 spiro atoms. The van der Waals surface area contributed by atoms with Crippen molar-refractivity contribution in [2.24, 2.45) is 0 Å². The topological polar surface area (TPSA) is 39.7 Å². The lowest BCUT2D eigenvalue weighted by molar-refractivity contribution is 0.0601. The molecule has 0 aliphatic heterocycles. The SMILES string of the molecule is COc1ccccc1OCCNCCOC1CCCC1. The van der Waals surface area contributed by atoms with Crippen molar-refractivity contribution in [1.82, 2.24) is 5.32 Å². The van der Waals surface area contributed by atoms with E-state index in [9.17, 15) is 0 Å². The Morgan fingerprint density at radius 3 is 2.50 bits per heavy atom. The monoisotopic (exact) mass is 279 g/mol. The van der Waals surface area contributed by atoms with Crippen LogP contribution in [0.1, 0.15) is 25.7 Å². The number of nitrogens with one attached hydrogen (secondary N) is 1. The van der Waals surface area contributed by atoms with Gasteiger partial charge in [-0.3, -0.25) is 0 Å². The molecule has 0 bridgehead atoms. The van der Waals surface area contributed by atoms with E-state index in [0.717, 1.165) is 31.2 Å². The van der Waals surface area contributed by atoms with E-state index in [2.05, 4.69) is 5.32 Å². The van der Waals surface area contributed by atoms with Gasteiger partial charge in [0.25, 0.3) is 0 Å². The first-order valence-corrected chi connectivity index (χ1v) is 7.48. The van der Waals surface area contributed by atoms with Crippen LogP contribution in [-0.2, 0) is 4.74 Å². The third-order valence-electron chi connectivity index (χ3n) is 3.54. The molecule has 4 heteroatoms. The minimum atomic E-state index is 0.502. The molecular weight excluding hydrogens is 254 g/mol. The van der Waals surface area contributed by atoms with Crippen LogP contribution in [0.4, 0.5) is 0 Å². The highest BCUT2D eigenvalue weighted by Crippen LogP contribution is 2.25. The summed E-state index contributed by atoms with van der Waals surface area (Å²) in [7, 11) is 1.65. The lowest BCUT2D eigenvalue weighted by Crippen LogP contribution is -2.26. The van der Waals surface area contributed by atoms with Crippen molar-refractivity contribution in [2.75, 3.05) is 33.4 Å². The molecule has 1 aliphatic carbocycles. The van der Waals surface area contributed by atoms with Crippen molar-refractivity contribution in [1.29, 1.82) is 0 Å². The van der Waals surface area contributed by atoms with Crippen molar-refractivity contribution in [3.8, 4) is 11.5 Å². The standard InChI is InChI=1S/C16H25NO3/c1-18-15-8-4-5-9-16(15)20-13-11-17-10-12-19-14-6-2-3-7-14/h4-5,8-9,14,17H,2-3,6-7,10-13H2,1H3. The Hall–Kier alpha value is -1.26. The molecule has 0 unspecified atom stereocenters. The number of rotatable bonds is 9. The molecule has 0 saturated heterocycles. The van der Waals surface area contributed by atoms with E-state index in [1.54, 1.807) is 7.11 Å². The summed E-state index contributed by atoms with van der Waals surface area (Å²) in [6.07, 6.45) is 5.62. The maximum Gasteiger partial charge on any atom is 0.161 e. The third kappa shape index (κ3) is 5.02. The number of hydrogen-bond acceptors (Lipinski definition) is 4. The summed E-state index contributed by atoms with van der Waals surface area (Å²) >= 11 is 0. The van der Waals surface area contributed by atoms with E-state index < -0.39 is 0 Å². The average Bonchev–Trinajstić information content (AvgIpc) is 3.00. The predicted octanol–water partition coefficient (Wildman–Crippen LogP) is 2.62. The van der Waals surface area contributed by atoms with Gasteiger partial charge in [-0.05, 0) is 25.0 Å². The molecule has 112 valence electrons. The Bertz CT molecular complexity index is 378. The van der Waals surface area contributed by atoms with E-state index >= 15 is 0 Å². The molecule has 0 radical (unpaired) electrons. The second-order valence-corrected chi connectivity index (χ2v) is 5.03. The van der Waals surface area contributed by atoms with E-state index in [0.29, 0.717) is 12.7 Å². The second kappa shape index (κ2) is 8.82. The van der Waals surface area contributed by atoms with E-state index in [-0.39, 0.29) is 0 Å². The van der Waals surface area contributed by atoms with Crippen molar-refractivity contribution in [3.05, 3.63) is 24.3 Å². The summed E-state index contributed by atoms with van der Waals surface area (Å²) < 4.78 is 16.7. The van der Waals surface area contributed by atoms with Gasteiger partial charge in [0.2, 0.25) is 0 Å². The first-order valence-electron chi connectivity index (χ1n) is 7.48. The van der Waals surface area contributed by atoms with Crippen LogP contribution in [0.3, 0.4) is 0 Å². The molecule has 1 N–H and O–H groups in total. The molecule has 4 nitrogen and oxygen atoms in total. The van der Waals surface area contributed by atoms with Gasteiger partial charge >= 0.3 is 0 Å². The first-order chi connectivity index (χ1) is 9.90. The van der Waals surface area contributed by atoms with Crippen LogP contribution >= 0.6 is 0 Å². The summed E-state index contributed by atoms with van der Waals surface area (Å²) in [6, 6.07) is 7.70. The minimum Gasteiger partial charge on any atom is -0.493 e. The molecule has 1 aromatic carbocycles. The van der Waals surface area contributed by atoms with Gasteiger partial charge in [-0.25, -0.2) is 0 Å². The Morgan fingerprint density at radius 1 is 1.05 bits per heavy atom.